The monoisotopic (exact) mass is 255 g/mol. The number of hydrogen-bond acceptors (Lipinski definition) is 3. The lowest BCUT2D eigenvalue weighted by Gasteiger charge is -2.22. The van der Waals surface area contributed by atoms with E-state index in [4.69, 9.17) is 0 Å². The fourth-order valence-corrected chi connectivity index (χ4v) is 2.61. The number of sulfone groups is 1. The van der Waals surface area contributed by atoms with Crippen LogP contribution in [0.2, 0.25) is 0 Å². The second-order valence-corrected chi connectivity index (χ2v) is 7.02. The van der Waals surface area contributed by atoms with Gasteiger partial charge in [-0.05, 0) is 32.9 Å². The average molecular weight is 255 g/mol. The van der Waals surface area contributed by atoms with Crippen molar-refractivity contribution in [1.29, 1.82) is 0 Å². The standard InChI is InChI=1S/C13H21NO2S/c1-10-5-7-12(8-6-10)9-13(14-3)11(2)17(4,15)16/h5-8,11,13-14H,9H2,1-4H3. The topological polar surface area (TPSA) is 46.2 Å². The van der Waals surface area contributed by atoms with E-state index in [1.165, 1.54) is 11.8 Å². The highest BCUT2D eigenvalue weighted by Gasteiger charge is 2.24. The third-order valence-electron chi connectivity index (χ3n) is 3.19. The lowest BCUT2D eigenvalue weighted by Crippen LogP contribution is -2.41. The van der Waals surface area contributed by atoms with E-state index < -0.39 is 9.84 Å². The van der Waals surface area contributed by atoms with Crippen LogP contribution >= 0.6 is 0 Å². The highest BCUT2D eigenvalue weighted by molar-refractivity contribution is 7.91. The third-order valence-corrected chi connectivity index (χ3v) is 4.87. The molecule has 17 heavy (non-hydrogen) atoms. The van der Waals surface area contributed by atoms with Gasteiger partial charge in [0.2, 0.25) is 0 Å². The van der Waals surface area contributed by atoms with Crippen molar-refractivity contribution in [3.63, 3.8) is 0 Å². The minimum atomic E-state index is -3.00. The van der Waals surface area contributed by atoms with E-state index in [0.29, 0.717) is 0 Å². The van der Waals surface area contributed by atoms with Crippen LogP contribution in [0, 0.1) is 6.92 Å². The molecule has 0 aliphatic carbocycles. The van der Waals surface area contributed by atoms with Crippen LogP contribution in [0.5, 0.6) is 0 Å². The number of aryl methyl sites for hydroxylation is 1. The molecule has 1 N–H and O–H groups in total. The van der Waals surface area contributed by atoms with Crippen molar-refractivity contribution >= 4 is 9.84 Å². The van der Waals surface area contributed by atoms with Crippen molar-refractivity contribution in [3.05, 3.63) is 35.4 Å². The maximum atomic E-state index is 11.5. The highest BCUT2D eigenvalue weighted by Crippen LogP contribution is 2.12. The second kappa shape index (κ2) is 5.65. The first-order valence-electron chi connectivity index (χ1n) is 5.76. The Morgan fingerprint density at radius 2 is 1.76 bits per heavy atom. The van der Waals surface area contributed by atoms with E-state index in [1.807, 2.05) is 19.1 Å². The first kappa shape index (κ1) is 14.2. The molecular weight excluding hydrogens is 234 g/mol. The Morgan fingerprint density at radius 1 is 1.24 bits per heavy atom. The summed E-state index contributed by atoms with van der Waals surface area (Å²) in [7, 11) is -1.20. The van der Waals surface area contributed by atoms with Gasteiger partial charge in [-0.1, -0.05) is 29.8 Å². The molecule has 0 spiro atoms. The van der Waals surface area contributed by atoms with Crippen LogP contribution in [0.4, 0.5) is 0 Å². The first-order chi connectivity index (χ1) is 7.84. The number of rotatable bonds is 5. The van der Waals surface area contributed by atoms with Crippen LogP contribution in [0.3, 0.4) is 0 Å². The second-order valence-electron chi connectivity index (χ2n) is 4.62. The molecule has 1 aromatic rings. The number of hydrogen-bond donors (Lipinski definition) is 1. The molecule has 0 aliphatic heterocycles. The molecule has 0 aromatic heterocycles. The summed E-state index contributed by atoms with van der Waals surface area (Å²) in [5, 5.41) is 2.71. The van der Waals surface area contributed by atoms with Gasteiger partial charge in [-0.25, -0.2) is 8.42 Å². The minimum absolute atomic E-state index is 0.0484. The Hall–Kier alpha value is -0.870. The molecule has 0 aliphatic rings. The SMILES string of the molecule is CNC(Cc1ccc(C)cc1)C(C)S(C)(=O)=O. The van der Waals surface area contributed by atoms with E-state index in [1.54, 1.807) is 14.0 Å². The van der Waals surface area contributed by atoms with Gasteiger partial charge >= 0.3 is 0 Å². The van der Waals surface area contributed by atoms with Gasteiger partial charge in [0.15, 0.2) is 9.84 Å². The van der Waals surface area contributed by atoms with Crippen LogP contribution in [-0.2, 0) is 16.3 Å². The summed E-state index contributed by atoms with van der Waals surface area (Å²) in [5.74, 6) is 0. The molecule has 4 heteroatoms. The average Bonchev–Trinajstić information content (AvgIpc) is 2.26. The molecule has 96 valence electrons. The summed E-state index contributed by atoms with van der Waals surface area (Å²) in [6.45, 7) is 3.79. The summed E-state index contributed by atoms with van der Waals surface area (Å²) in [6.07, 6.45) is 2.02. The Kier molecular flexibility index (Phi) is 4.71. The van der Waals surface area contributed by atoms with E-state index >= 15 is 0 Å². The molecule has 1 aromatic carbocycles. The molecular formula is C13H21NO2S. The Morgan fingerprint density at radius 3 is 2.18 bits per heavy atom. The minimum Gasteiger partial charge on any atom is -0.315 e. The normalized spacial score (nSPS) is 15.5. The fraction of sp³-hybridized carbons (Fsp3) is 0.538. The summed E-state index contributed by atoms with van der Waals surface area (Å²) in [5.41, 5.74) is 2.37. The van der Waals surface area contributed by atoms with Crippen LogP contribution in [-0.4, -0.2) is 33.0 Å². The molecule has 3 nitrogen and oxygen atoms in total. The van der Waals surface area contributed by atoms with Crippen LogP contribution in [0.25, 0.3) is 0 Å². The van der Waals surface area contributed by atoms with Crippen molar-refractivity contribution in [1.82, 2.24) is 5.32 Å². The van der Waals surface area contributed by atoms with Gasteiger partial charge in [-0.3, -0.25) is 0 Å². The Balaban J connectivity index is 2.80. The van der Waals surface area contributed by atoms with E-state index in [9.17, 15) is 8.42 Å². The fourth-order valence-electron chi connectivity index (χ4n) is 1.78. The quantitative estimate of drug-likeness (QED) is 0.868. The predicted octanol–water partition coefficient (Wildman–Crippen LogP) is 1.56. The molecule has 1 rings (SSSR count). The Bertz CT molecular complexity index is 451. The largest absolute Gasteiger partial charge is 0.315 e. The molecule has 0 amide bonds. The summed E-state index contributed by atoms with van der Waals surface area (Å²) in [4.78, 5) is 0. The predicted molar refractivity (Wildman–Crippen MR) is 72.0 cm³/mol. The smallest absolute Gasteiger partial charge is 0.151 e. The lowest BCUT2D eigenvalue weighted by atomic mass is 10.0. The van der Waals surface area contributed by atoms with Gasteiger partial charge < -0.3 is 5.32 Å². The van der Waals surface area contributed by atoms with Crippen LogP contribution < -0.4 is 5.32 Å². The zero-order chi connectivity index (χ0) is 13.1. The molecule has 0 fully saturated rings. The van der Waals surface area contributed by atoms with Gasteiger partial charge in [-0.2, -0.15) is 0 Å². The Labute approximate surface area is 104 Å². The number of likely N-dealkylation sites (N-methyl/N-ethyl adjacent to an activating group) is 1. The van der Waals surface area contributed by atoms with Crippen molar-refractivity contribution < 1.29 is 8.42 Å². The van der Waals surface area contributed by atoms with Gasteiger partial charge in [0, 0.05) is 12.3 Å². The number of nitrogens with one attached hydrogen (secondary N) is 1. The maximum Gasteiger partial charge on any atom is 0.151 e. The van der Waals surface area contributed by atoms with Crippen molar-refractivity contribution in [2.45, 2.75) is 31.6 Å². The van der Waals surface area contributed by atoms with Gasteiger partial charge in [0.25, 0.3) is 0 Å². The molecule has 0 radical (unpaired) electrons. The molecule has 0 heterocycles. The molecule has 0 saturated carbocycles. The van der Waals surface area contributed by atoms with Gasteiger partial charge in [0.1, 0.15) is 0 Å². The molecule has 0 bridgehead atoms. The maximum absolute atomic E-state index is 11.5. The van der Waals surface area contributed by atoms with Crippen molar-refractivity contribution in [2.24, 2.45) is 0 Å². The lowest BCUT2D eigenvalue weighted by molar-refractivity contribution is 0.516. The molecule has 0 saturated heterocycles. The van der Waals surface area contributed by atoms with Gasteiger partial charge in [0.05, 0.1) is 5.25 Å². The summed E-state index contributed by atoms with van der Waals surface area (Å²) in [6, 6.07) is 8.15. The molecule has 2 atom stereocenters. The van der Waals surface area contributed by atoms with Crippen molar-refractivity contribution in [2.75, 3.05) is 13.3 Å². The summed E-state index contributed by atoms with van der Waals surface area (Å²) < 4.78 is 23.1. The van der Waals surface area contributed by atoms with Crippen LogP contribution in [0.15, 0.2) is 24.3 Å². The highest BCUT2D eigenvalue weighted by atomic mass is 32.2. The first-order valence-corrected chi connectivity index (χ1v) is 7.71. The molecule has 2 unspecified atom stereocenters. The summed E-state index contributed by atoms with van der Waals surface area (Å²) >= 11 is 0. The van der Waals surface area contributed by atoms with E-state index in [2.05, 4.69) is 17.4 Å². The van der Waals surface area contributed by atoms with E-state index in [-0.39, 0.29) is 11.3 Å². The van der Waals surface area contributed by atoms with Gasteiger partial charge in [-0.15, -0.1) is 0 Å². The zero-order valence-electron chi connectivity index (χ0n) is 10.9. The number of benzene rings is 1. The third kappa shape index (κ3) is 4.13. The van der Waals surface area contributed by atoms with Crippen LogP contribution in [0.1, 0.15) is 18.1 Å². The zero-order valence-corrected chi connectivity index (χ0v) is 11.7. The van der Waals surface area contributed by atoms with E-state index in [0.717, 1.165) is 12.0 Å². The van der Waals surface area contributed by atoms with Crippen molar-refractivity contribution in [3.8, 4) is 0 Å².